The summed E-state index contributed by atoms with van der Waals surface area (Å²) in [6, 6.07) is 12.5. The molecule has 1 aromatic carbocycles. The molecule has 0 saturated carbocycles. The van der Waals surface area contributed by atoms with E-state index < -0.39 is 0 Å². The van der Waals surface area contributed by atoms with Crippen molar-refractivity contribution in [3.05, 3.63) is 35.9 Å². The maximum Gasteiger partial charge on any atom is 0.0724 e. The molecule has 0 radical (unpaired) electrons. The predicted octanol–water partition coefficient (Wildman–Crippen LogP) is 2.78. The molecule has 1 saturated heterocycles. The van der Waals surface area contributed by atoms with Gasteiger partial charge >= 0.3 is 0 Å². The summed E-state index contributed by atoms with van der Waals surface area (Å²) in [5.74, 6) is 0.0572. The van der Waals surface area contributed by atoms with Crippen LogP contribution in [0.4, 0.5) is 0 Å². The minimum absolute atomic E-state index is 0.0572. The van der Waals surface area contributed by atoms with Gasteiger partial charge in [0, 0.05) is 0 Å². The number of likely N-dealkylation sites (tertiary alicyclic amines) is 1. The third-order valence-corrected chi connectivity index (χ3v) is 3.29. The van der Waals surface area contributed by atoms with Crippen molar-refractivity contribution in [3.8, 4) is 6.07 Å². The van der Waals surface area contributed by atoms with E-state index in [0.29, 0.717) is 0 Å². The van der Waals surface area contributed by atoms with Gasteiger partial charge in [-0.2, -0.15) is 5.26 Å². The zero-order chi connectivity index (χ0) is 11.2. The second kappa shape index (κ2) is 5.67. The fourth-order valence-electron chi connectivity index (χ4n) is 2.31. The maximum absolute atomic E-state index is 9.18. The van der Waals surface area contributed by atoms with Crippen molar-refractivity contribution in [1.29, 1.82) is 5.26 Å². The van der Waals surface area contributed by atoms with Crippen LogP contribution in [0.5, 0.6) is 0 Å². The first kappa shape index (κ1) is 11.2. The molecule has 1 aliphatic rings. The highest BCUT2D eigenvalue weighted by Gasteiger charge is 2.15. The van der Waals surface area contributed by atoms with E-state index in [1.807, 2.05) is 18.2 Å². The number of hydrogen-bond acceptors (Lipinski definition) is 2. The van der Waals surface area contributed by atoms with E-state index >= 15 is 0 Å². The van der Waals surface area contributed by atoms with Gasteiger partial charge in [-0.1, -0.05) is 30.3 Å². The Morgan fingerprint density at radius 3 is 2.50 bits per heavy atom. The number of nitrogens with zero attached hydrogens (tertiary/aromatic N) is 2. The standard InChI is InChI=1S/C14H18N2/c15-12-14(13-6-2-1-3-7-13)8-11-16-9-4-5-10-16/h1-3,6-7,14H,4-5,8-11H2. The quantitative estimate of drug-likeness (QED) is 0.770. The molecular formula is C14H18N2. The van der Waals surface area contributed by atoms with Gasteiger partial charge in [-0.15, -0.1) is 0 Å². The Kier molecular flexibility index (Phi) is 3.96. The van der Waals surface area contributed by atoms with Crippen LogP contribution in [0, 0.1) is 11.3 Å². The van der Waals surface area contributed by atoms with E-state index in [-0.39, 0.29) is 5.92 Å². The van der Waals surface area contributed by atoms with Gasteiger partial charge < -0.3 is 4.90 Å². The minimum atomic E-state index is 0.0572. The highest BCUT2D eigenvalue weighted by molar-refractivity contribution is 5.24. The van der Waals surface area contributed by atoms with Crippen LogP contribution in [0.3, 0.4) is 0 Å². The molecule has 2 rings (SSSR count). The highest BCUT2D eigenvalue weighted by atomic mass is 15.1. The SMILES string of the molecule is N#CC(CCN1CCCC1)c1ccccc1. The van der Waals surface area contributed by atoms with E-state index in [1.165, 1.54) is 25.9 Å². The summed E-state index contributed by atoms with van der Waals surface area (Å²) in [7, 11) is 0. The van der Waals surface area contributed by atoms with E-state index in [4.69, 9.17) is 0 Å². The highest BCUT2D eigenvalue weighted by Crippen LogP contribution is 2.20. The van der Waals surface area contributed by atoms with Crippen molar-refractivity contribution in [2.24, 2.45) is 0 Å². The summed E-state index contributed by atoms with van der Waals surface area (Å²) in [6.45, 7) is 3.49. The number of hydrogen-bond donors (Lipinski definition) is 0. The molecule has 1 heterocycles. The summed E-state index contributed by atoms with van der Waals surface area (Å²) < 4.78 is 0. The topological polar surface area (TPSA) is 27.0 Å². The molecule has 1 aromatic rings. The van der Waals surface area contributed by atoms with Crippen molar-refractivity contribution in [1.82, 2.24) is 4.90 Å². The van der Waals surface area contributed by atoms with Crippen LogP contribution in [-0.2, 0) is 0 Å². The van der Waals surface area contributed by atoms with Gasteiger partial charge in [0.25, 0.3) is 0 Å². The molecule has 2 nitrogen and oxygen atoms in total. The molecule has 0 aromatic heterocycles. The third-order valence-electron chi connectivity index (χ3n) is 3.29. The van der Waals surface area contributed by atoms with Crippen LogP contribution in [-0.4, -0.2) is 24.5 Å². The van der Waals surface area contributed by atoms with Gasteiger partial charge in [0.05, 0.1) is 12.0 Å². The second-order valence-corrected chi connectivity index (χ2v) is 4.43. The third kappa shape index (κ3) is 2.84. The summed E-state index contributed by atoms with van der Waals surface area (Å²) in [5.41, 5.74) is 1.16. The van der Waals surface area contributed by atoms with E-state index in [9.17, 15) is 5.26 Å². The Bertz CT molecular complexity index is 347. The fourth-order valence-corrected chi connectivity index (χ4v) is 2.31. The lowest BCUT2D eigenvalue weighted by Crippen LogP contribution is -2.21. The Balaban J connectivity index is 1.89. The van der Waals surface area contributed by atoms with Gasteiger partial charge in [0.1, 0.15) is 0 Å². The Labute approximate surface area is 97.5 Å². The van der Waals surface area contributed by atoms with E-state index in [1.54, 1.807) is 0 Å². The first-order chi connectivity index (χ1) is 7.90. The molecule has 84 valence electrons. The lowest BCUT2D eigenvalue weighted by Gasteiger charge is -2.16. The largest absolute Gasteiger partial charge is 0.303 e. The van der Waals surface area contributed by atoms with Gasteiger partial charge in [-0.25, -0.2) is 0 Å². The maximum atomic E-state index is 9.18. The summed E-state index contributed by atoms with van der Waals surface area (Å²) in [4.78, 5) is 2.47. The van der Waals surface area contributed by atoms with Crippen LogP contribution < -0.4 is 0 Å². The lowest BCUT2D eigenvalue weighted by molar-refractivity contribution is 0.329. The second-order valence-electron chi connectivity index (χ2n) is 4.43. The molecule has 16 heavy (non-hydrogen) atoms. The van der Waals surface area contributed by atoms with Gasteiger partial charge in [-0.05, 0) is 44.5 Å². The van der Waals surface area contributed by atoms with Crippen LogP contribution in [0.15, 0.2) is 30.3 Å². The van der Waals surface area contributed by atoms with E-state index in [2.05, 4.69) is 23.1 Å². The molecule has 1 unspecified atom stereocenters. The van der Waals surface area contributed by atoms with Crippen LogP contribution in [0.25, 0.3) is 0 Å². The molecule has 0 N–H and O–H groups in total. The van der Waals surface area contributed by atoms with Gasteiger partial charge in [0.15, 0.2) is 0 Å². The summed E-state index contributed by atoms with van der Waals surface area (Å²) >= 11 is 0. The smallest absolute Gasteiger partial charge is 0.0724 e. The molecule has 0 amide bonds. The molecule has 2 heteroatoms. The number of benzene rings is 1. The van der Waals surface area contributed by atoms with Crippen molar-refractivity contribution in [2.45, 2.75) is 25.2 Å². The van der Waals surface area contributed by atoms with Gasteiger partial charge in [-0.3, -0.25) is 0 Å². The average Bonchev–Trinajstić information content (AvgIpc) is 2.84. The molecule has 0 spiro atoms. The van der Waals surface area contributed by atoms with E-state index in [0.717, 1.165) is 18.5 Å². The zero-order valence-electron chi connectivity index (χ0n) is 9.60. The summed E-state index contributed by atoms with van der Waals surface area (Å²) in [6.07, 6.45) is 3.60. The number of rotatable bonds is 4. The molecule has 1 atom stereocenters. The summed E-state index contributed by atoms with van der Waals surface area (Å²) in [5, 5.41) is 9.18. The van der Waals surface area contributed by atoms with Crippen molar-refractivity contribution < 1.29 is 0 Å². The molecule has 0 aliphatic carbocycles. The normalized spacial score (nSPS) is 18.2. The van der Waals surface area contributed by atoms with Crippen molar-refractivity contribution >= 4 is 0 Å². The number of nitriles is 1. The van der Waals surface area contributed by atoms with Crippen LogP contribution >= 0.6 is 0 Å². The Morgan fingerprint density at radius 1 is 1.19 bits per heavy atom. The van der Waals surface area contributed by atoms with Crippen LogP contribution in [0.2, 0.25) is 0 Å². The Morgan fingerprint density at radius 2 is 1.88 bits per heavy atom. The lowest BCUT2D eigenvalue weighted by atomic mass is 9.97. The van der Waals surface area contributed by atoms with Crippen molar-refractivity contribution in [2.75, 3.05) is 19.6 Å². The van der Waals surface area contributed by atoms with Crippen molar-refractivity contribution in [3.63, 3.8) is 0 Å². The Hall–Kier alpha value is -1.33. The molecule has 0 bridgehead atoms. The average molecular weight is 214 g/mol. The predicted molar refractivity (Wildman–Crippen MR) is 65.1 cm³/mol. The zero-order valence-corrected chi connectivity index (χ0v) is 9.60. The van der Waals surface area contributed by atoms with Gasteiger partial charge in [0.2, 0.25) is 0 Å². The minimum Gasteiger partial charge on any atom is -0.303 e. The molecule has 1 fully saturated rings. The fraction of sp³-hybridized carbons (Fsp3) is 0.500. The first-order valence-electron chi connectivity index (χ1n) is 6.07. The first-order valence-corrected chi connectivity index (χ1v) is 6.07. The van der Waals surface area contributed by atoms with Crippen LogP contribution in [0.1, 0.15) is 30.7 Å². The monoisotopic (exact) mass is 214 g/mol. The molecular weight excluding hydrogens is 196 g/mol. The molecule has 1 aliphatic heterocycles.